The summed E-state index contributed by atoms with van der Waals surface area (Å²) in [6.45, 7) is -0.826. The van der Waals surface area contributed by atoms with Crippen LogP contribution in [0.15, 0.2) is 35.1 Å². The summed E-state index contributed by atoms with van der Waals surface area (Å²) in [6, 6.07) is 8.26. The summed E-state index contributed by atoms with van der Waals surface area (Å²) in [5, 5.41) is 0.635. The van der Waals surface area contributed by atoms with Crippen LogP contribution < -0.4 is 5.56 Å². The number of nitrogens with one attached hydrogen (secondary N) is 1. The average Bonchev–Trinajstić information content (AvgIpc) is 2.53. The average molecular weight is 326 g/mol. The van der Waals surface area contributed by atoms with E-state index >= 15 is 0 Å². The number of halogens is 3. The fourth-order valence-corrected chi connectivity index (χ4v) is 2.51. The van der Waals surface area contributed by atoms with Crippen molar-refractivity contribution in [3.63, 3.8) is 0 Å². The van der Waals surface area contributed by atoms with Crippen LogP contribution in [-0.4, -0.2) is 47.8 Å². The number of aromatic amines is 1. The molecule has 1 aromatic carbocycles. The molecule has 0 saturated carbocycles. The van der Waals surface area contributed by atoms with Gasteiger partial charge in [-0.05, 0) is 17.5 Å². The molecule has 1 amide bonds. The van der Waals surface area contributed by atoms with Gasteiger partial charge >= 0.3 is 6.18 Å². The summed E-state index contributed by atoms with van der Waals surface area (Å²) in [4.78, 5) is 28.0. The van der Waals surface area contributed by atoms with E-state index in [4.69, 9.17) is 0 Å². The number of rotatable bonds is 1. The van der Waals surface area contributed by atoms with Gasteiger partial charge in [0.25, 0.3) is 11.5 Å². The number of carbonyl (C=O) groups excluding carboxylic acids is 1. The molecule has 1 aromatic heterocycles. The lowest BCUT2D eigenvalue weighted by Crippen LogP contribution is -2.51. The maximum Gasteiger partial charge on any atom is 0.416 e. The smallest absolute Gasteiger partial charge is 0.365 e. The molecule has 1 atom stereocenters. The number of fused-ring (bicyclic) bond motifs is 1. The zero-order valence-corrected chi connectivity index (χ0v) is 11.9. The number of benzene rings is 1. The lowest BCUT2D eigenvalue weighted by Gasteiger charge is -2.33. The second kappa shape index (κ2) is 5.69. The molecular weight excluding hydrogens is 313 g/mol. The first-order valence-electron chi connectivity index (χ1n) is 6.96. The molecule has 2 heterocycles. The Labute approximate surface area is 128 Å². The predicted molar refractivity (Wildman–Crippen MR) is 76.3 cm³/mol. The standard InChI is InChI=1S/C15H13F3N2O3/c16-15(17,18)12-8-20(5-6-23-12)14(22)10-7-9-3-1-2-4-11(9)19-13(10)21/h1-4,7,12H,5-6,8H2,(H,19,21). The highest BCUT2D eigenvalue weighted by atomic mass is 19.4. The summed E-state index contributed by atoms with van der Waals surface area (Å²) in [6.07, 6.45) is -6.57. The molecular formula is C15H13F3N2O3. The number of pyridine rings is 1. The SMILES string of the molecule is O=C(c1cc2ccccc2[nH]c1=O)N1CCOC(C(F)(F)F)C1. The van der Waals surface area contributed by atoms with E-state index in [1.54, 1.807) is 24.3 Å². The fourth-order valence-electron chi connectivity index (χ4n) is 2.51. The zero-order valence-electron chi connectivity index (χ0n) is 11.9. The number of hydrogen-bond acceptors (Lipinski definition) is 3. The zero-order chi connectivity index (χ0) is 16.6. The second-order valence-corrected chi connectivity index (χ2v) is 5.25. The van der Waals surface area contributed by atoms with Crippen LogP contribution in [0.3, 0.4) is 0 Å². The van der Waals surface area contributed by atoms with E-state index in [1.165, 1.54) is 6.07 Å². The third kappa shape index (κ3) is 3.07. The fraction of sp³-hybridized carbons (Fsp3) is 0.333. The largest absolute Gasteiger partial charge is 0.416 e. The number of ether oxygens (including phenoxy) is 1. The number of hydrogen-bond donors (Lipinski definition) is 1. The Bertz CT molecular complexity index is 800. The van der Waals surface area contributed by atoms with E-state index in [0.29, 0.717) is 10.9 Å². The molecule has 1 aliphatic heterocycles. The van der Waals surface area contributed by atoms with Crippen molar-refractivity contribution in [3.05, 3.63) is 46.2 Å². The molecule has 5 nitrogen and oxygen atoms in total. The second-order valence-electron chi connectivity index (χ2n) is 5.25. The van der Waals surface area contributed by atoms with E-state index < -0.39 is 30.3 Å². The molecule has 0 spiro atoms. The van der Waals surface area contributed by atoms with Crippen LogP contribution in [0.5, 0.6) is 0 Å². The minimum atomic E-state index is -4.55. The van der Waals surface area contributed by atoms with Crippen LogP contribution in [-0.2, 0) is 4.74 Å². The van der Waals surface area contributed by atoms with Crippen LogP contribution in [0.4, 0.5) is 13.2 Å². The summed E-state index contributed by atoms with van der Waals surface area (Å²) in [7, 11) is 0. The van der Waals surface area contributed by atoms with Gasteiger partial charge in [0.15, 0.2) is 6.10 Å². The number of alkyl halides is 3. The Morgan fingerprint density at radius 3 is 2.78 bits per heavy atom. The van der Waals surface area contributed by atoms with Gasteiger partial charge in [-0.15, -0.1) is 0 Å². The van der Waals surface area contributed by atoms with Gasteiger partial charge in [-0.3, -0.25) is 9.59 Å². The van der Waals surface area contributed by atoms with Crippen molar-refractivity contribution in [1.82, 2.24) is 9.88 Å². The van der Waals surface area contributed by atoms with E-state index in [1.807, 2.05) is 0 Å². The van der Waals surface area contributed by atoms with E-state index in [2.05, 4.69) is 9.72 Å². The molecule has 0 radical (unpaired) electrons. The molecule has 122 valence electrons. The van der Waals surface area contributed by atoms with Gasteiger partial charge in [-0.25, -0.2) is 0 Å². The first-order valence-corrected chi connectivity index (χ1v) is 6.96. The molecule has 2 aromatic rings. The minimum Gasteiger partial charge on any atom is -0.365 e. The highest BCUT2D eigenvalue weighted by Crippen LogP contribution is 2.26. The highest BCUT2D eigenvalue weighted by Gasteiger charge is 2.44. The third-order valence-electron chi connectivity index (χ3n) is 3.70. The van der Waals surface area contributed by atoms with Crippen molar-refractivity contribution in [2.75, 3.05) is 19.7 Å². The Balaban J connectivity index is 1.91. The Morgan fingerprint density at radius 2 is 2.04 bits per heavy atom. The van der Waals surface area contributed by atoms with Gasteiger partial charge in [-0.2, -0.15) is 13.2 Å². The van der Waals surface area contributed by atoms with Gasteiger partial charge in [0, 0.05) is 12.1 Å². The van der Waals surface area contributed by atoms with Crippen molar-refractivity contribution in [1.29, 1.82) is 0 Å². The number of nitrogens with zero attached hydrogens (tertiary/aromatic N) is 1. The normalized spacial score (nSPS) is 19.1. The minimum absolute atomic E-state index is 0.0116. The molecule has 23 heavy (non-hydrogen) atoms. The third-order valence-corrected chi connectivity index (χ3v) is 3.70. The van der Waals surface area contributed by atoms with E-state index in [-0.39, 0.29) is 18.7 Å². The Morgan fingerprint density at radius 1 is 1.30 bits per heavy atom. The van der Waals surface area contributed by atoms with Gasteiger partial charge < -0.3 is 14.6 Å². The van der Waals surface area contributed by atoms with Gasteiger partial charge in [0.2, 0.25) is 0 Å². The maximum atomic E-state index is 12.7. The molecule has 1 aliphatic rings. The summed E-state index contributed by atoms with van der Waals surface area (Å²) >= 11 is 0. The lowest BCUT2D eigenvalue weighted by molar-refractivity contribution is -0.233. The maximum absolute atomic E-state index is 12.7. The van der Waals surface area contributed by atoms with E-state index in [9.17, 15) is 22.8 Å². The van der Waals surface area contributed by atoms with Crippen molar-refractivity contribution in [2.24, 2.45) is 0 Å². The van der Waals surface area contributed by atoms with Crippen molar-refractivity contribution in [2.45, 2.75) is 12.3 Å². The van der Waals surface area contributed by atoms with Crippen LogP contribution in [0.25, 0.3) is 10.9 Å². The number of H-pyrrole nitrogens is 1. The molecule has 1 N–H and O–H groups in total. The van der Waals surface area contributed by atoms with Crippen LogP contribution in [0, 0.1) is 0 Å². The monoisotopic (exact) mass is 326 g/mol. The number of para-hydroxylation sites is 1. The number of morpholine rings is 1. The summed E-state index contributed by atoms with van der Waals surface area (Å²) < 4.78 is 42.9. The van der Waals surface area contributed by atoms with Gasteiger partial charge in [0.05, 0.1) is 13.2 Å². The first kappa shape index (κ1) is 15.5. The predicted octanol–water partition coefficient (Wildman–Crippen LogP) is 1.93. The Hall–Kier alpha value is -2.35. The molecule has 8 heteroatoms. The molecule has 0 bridgehead atoms. The van der Waals surface area contributed by atoms with E-state index in [0.717, 1.165) is 4.90 Å². The van der Waals surface area contributed by atoms with Gasteiger partial charge in [-0.1, -0.05) is 18.2 Å². The molecule has 3 rings (SSSR count). The van der Waals surface area contributed by atoms with Crippen LogP contribution in [0.1, 0.15) is 10.4 Å². The molecule has 1 fully saturated rings. The highest BCUT2D eigenvalue weighted by molar-refractivity contribution is 5.97. The molecule has 1 saturated heterocycles. The van der Waals surface area contributed by atoms with Crippen LogP contribution >= 0.6 is 0 Å². The van der Waals surface area contributed by atoms with Crippen LogP contribution in [0.2, 0.25) is 0 Å². The number of amides is 1. The van der Waals surface area contributed by atoms with Crippen molar-refractivity contribution in [3.8, 4) is 0 Å². The lowest BCUT2D eigenvalue weighted by atomic mass is 10.1. The first-order chi connectivity index (χ1) is 10.9. The molecule has 0 aliphatic carbocycles. The molecule has 1 unspecified atom stereocenters. The summed E-state index contributed by atoms with van der Waals surface area (Å²) in [5.74, 6) is -0.727. The number of carbonyl (C=O) groups is 1. The van der Waals surface area contributed by atoms with Crippen molar-refractivity contribution >= 4 is 16.8 Å². The van der Waals surface area contributed by atoms with Gasteiger partial charge in [0.1, 0.15) is 5.56 Å². The number of aromatic nitrogens is 1. The summed E-state index contributed by atoms with van der Waals surface area (Å²) in [5.41, 5.74) is -0.237. The Kier molecular flexibility index (Phi) is 3.85. The quantitative estimate of drug-likeness (QED) is 0.871. The van der Waals surface area contributed by atoms with Crippen molar-refractivity contribution < 1.29 is 22.7 Å². The topological polar surface area (TPSA) is 62.4 Å².